The molecule has 0 spiro atoms. The summed E-state index contributed by atoms with van der Waals surface area (Å²) in [5, 5.41) is 0. The Hall–Kier alpha value is -0.590. The molecule has 1 heteroatoms. The Morgan fingerprint density at radius 2 is 1.87 bits per heavy atom. The van der Waals surface area contributed by atoms with Gasteiger partial charge < -0.3 is 0 Å². The number of carbonyl (C=O) groups excluding carboxylic acids is 1. The number of hydrogen-bond donors (Lipinski definition) is 0. The lowest BCUT2D eigenvalue weighted by Gasteiger charge is -2.33. The Kier molecular flexibility index (Phi) is 2.15. The van der Waals surface area contributed by atoms with Crippen molar-refractivity contribution in [2.45, 2.75) is 47.5 Å². The van der Waals surface area contributed by atoms with Crippen molar-refractivity contribution >= 4 is 5.78 Å². The summed E-state index contributed by atoms with van der Waals surface area (Å²) in [6, 6.07) is 0. The quantitative estimate of drug-likeness (QED) is 0.553. The first kappa shape index (κ1) is 10.9. The number of fused-ring (bicyclic) bond motifs is 1. The van der Waals surface area contributed by atoms with Crippen LogP contribution in [0.2, 0.25) is 0 Å². The number of ketones is 1. The molecule has 2 rings (SSSR count). The predicted molar refractivity (Wildman–Crippen MR) is 62.5 cm³/mol. The Morgan fingerprint density at radius 3 is 2.47 bits per heavy atom. The average Bonchev–Trinajstić information content (AvgIpc) is 2.26. The van der Waals surface area contributed by atoms with Crippen LogP contribution in [0, 0.1) is 22.7 Å². The maximum Gasteiger partial charge on any atom is 0.137 e. The molecule has 1 nitrogen and oxygen atoms in total. The third-order valence-corrected chi connectivity index (χ3v) is 5.20. The van der Waals surface area contributed by atoms with Crippen molar-refractivity contribution in [2.75, 3.05) is 0 Å². The Balaban J connectivity index is 2.49. The molecule has 2 atom stereocenters. The monoisotopic (exact) mass is 206 g/mol. The normalized spacial score (nSPS) is 37.4. The van der Waals surface area contributed by atoms with E-state index in [2.05, 4.69) is 40.7 Å². The molecule has 0 heterocycles. The molecular formula is C14H22O. The van der Waals surface area contributed by atoms with Gasteiger partial charge in [-0.1, -0.05) is 46.3 Å². The first-order valence-corrected chi connectivity index (χ1v) is 6.00. The molecule has 0 radical (unpaired) electrons. The maximum atomic E-state index is 11.6. The third-order valence-electron chi connectivity index (χ3n) is 5.20. The van der Waals surface area contributed by atoms with Crippen LogP contribution in [0.3, 0.4) is 0 Å². The largest absolute Gasteiger partial charge is 0.299 e. The van der Waals surface area contributed by atoms with Crippen LogP contribution < -0.4 is 0 Å². The van der Waals surface area contributed by atoms with Crippen molar-refractivity contribution in [1.29, 1.82) is 0 Å². The molecule has 2 aliphatic rings. The van der Waals surface area contributed by atoms with E-state index < -0.39 is 0 Å². The van der Waals surface area contributed by atoms with E-state index in [1.165, 1.54) is 0 Å². The van der Waals surface area contributed by atoms with Gasteiger partial charge in [-0.2, -0.15) is 0 Å². The minimum atomic E-state index is 0.269. The van der Waals surface area contributed by atoms with E-state index in [1.54, 1.807) is 5.57 Å². The summed E-state index contributed by atoms with van der Waals surface area (Å²) in [5.74, 6) is 1.55. The summed E-state index contributed by atoms with van der Waals surface area (Å²) in [6.07, 6.45) is 3.65. The summed E-state index contributed by atoms with van der Waals surface area (Å²) < 4.78 is 0. The topological polar surface area (TPSA) is 17.1 Å². The maximum absolute atomic E-state index is 11.6. The SMILES string of the molecule is CC1C(C)(C)C2=CCC(=O)CC2C1(C)C. The van der Waals surface area contributed by atoms with Gasteiger partial charge in [0.25, 0.3) is 0 Å². The zero-order valence-electron chi connectivity index (χ0n) is 10.6. The highest BCUT2D eigenvalue weighted by Crippen LogP contribution is 2.62. The smallest absolute Gasteiger partial charge is 0.137 e. The van der Waals surface area contributed by atoms with Gasteiger partial charge in [-0.05, 0) is 22.7 Å². The summed E-state index contributed by atoms with van der Waals surface area (Å²) in [7, 11) is 0. The molecule has 0 aromatic carbocycles. The Labute approximate surface area is 92.9 Å². The van der Waals surface area contributed by atoms with Crippen LogP contribution in [0.5, 0.6) is 0 Å². The molecule has 2 unspecified atom stereocenters. The molecule has 1 saturated carbocycles. The van der Waals surface area contributed by atoms with Crippen LogP contribution in [-0.2, 0) is 4.79 Å². The summed E-state index contributed by atoms with van der Waals surface area (Å²) in [4.78, 5) is 11.6. The van der Waals surface area contributed by atoms with Gasteiger partial charge in [-0.15, -0.1) is 0 Å². The first-order chi connectivity index (χ1) is 6.78. The summed E-state index contributed by atoms with van der Waals surface area (Å²) >= 11 is 0. The number of allylic oxidation sites excluding steroid dienone is 2. The molecule has 1 fully saturated rings. The second-order valence-corrected chi connectivity index (χ2v) is 6.42. The fourth-order valence-electron chi connectivity index (χ4n) is 3.64. The van der Waals surface area contributed by atoms with Gasteiger partial charge in [0, 0.05) is 12.8 Å². The standard InChI is InChI=1S/C14H22O/c1-9-13(2,3)11-7-6-10(15)8-12(11)14(9,4)5/h7,9,12H,6,8H2,1-5H3. The van der Waals surface area contributed by atoms with Crippen molar-refractivity contribution in [3.8, 4) is 0 Å². The van der Waals surface area contributed by atoms with Gasteiger partial charge >= 0.3 is 0 Å². The van der Waals surface area contributed by atoms with Crippen molar-refractivity contribution in [1.82, 2.24) is 0 Å². The Morgan fingerprint density at radius 1 is 1.27 bits per heavy atom. The number of carbonyl (C=O) groups is 1. The highest BCUT2D eigenvalue weighted by atomic mass is 16.1. The Bertz CT molecular complexity index is 333. The van der Waals surface area contributed by atoms with Gasteiger partial charge in [0.15, 0.2) is 0 Å². The lowest BCUT2D eigenvalue weighted by atomic mass is 9.71. The lowest BCUT2D eigenvalue weighted by Crippen LogP contribution is -2.28. The van der Waals surface area contributed by atoms with E-state index in [0.717, 1.165) is 6.42 Å². The number of hydrogen-bond acceptors (Lipinski definition) is 1. The molecule has 84 valence electrons. The average molecular weight is 206 g/mol. The second kappa shape index (κ2) is 2.96. The third kappa shape index (κ3) is 1.32. The van der Waals surface area contributed by atoms with E-state index in [0.29, 0.717) is 24.0 Å². The van der Waals surface area contributed by atoms with Crippen LogP contribution in [-0.4, -0.2) is 5.78 Å². The molecule has 0 amide bonds. The molecular weight excluding hydrogens is 184 g/mol. The lowest BCUT2D eigenvalue weighted by molar-refractivity contribution is -0.120. The van der Waals surface area contributed by atoms with E-state index in [4.69, 9.17) is 0 Å². The van der Waals surface area contributed by atoms with Crippen molar-refractivity contribution in [3.63, 3.8) is 0 Å². The summed E-state index contributed by atoms with van der Waals surface area (Å²) in [6.45, 7) is 11.7. The summed E-state index contributed by atoms with van der Waals surface area (Å²) in [5.41, 5.74) is 2.08. The van der Waals surface area contributed by atoms with Gasteiger partial charge in [0.1, 0.15) is 5.78 Å². The number of rotatable bonds is 0. The van der Waals surface area contributed by atoms with E-state index >= 15 is 0 Å². The molecule has 0 aromatic rings. The molecule has 15 heavy (non-hydrogen) atoms. The second-order valence-electron chi connectivity index (χ2n) is 6.42. The molecule has 2 aliphatic carbocycles. The molecule has 0 aromatic heterocycles. The molecule has 0 aliphatic heterocycles. The predicted octanol–water partition coefficient (Wildman–Crippen LogP) is 3.59. The van der Waals surface area contributed by atoms with Gasteiger partial charge in [-0.25, -0.2) is 0 Å². The van der Waals surface area contributed by atoms with Crippen molar-refractivity contribution in [3.05, 3.63) is 11.6 Å². The van der Waals surface area contributed by atoms with Crippen LogP contribution in [0.4, 0.5) is 0 Å². The first-order valence-electron chi connectivity index (χ1n) is 6.00. The fraction of sp³-hybridized carbons (Fsp3) is 0.786. The van der Waals surface area contributed by atoms with E-state index in [-0.39, 0.29) is 10.8 Å². The highest BCUT2D eigenvalue weighted by Gasteiger charge is 2.55. The number of Topliss-reactive ketones (excluding diaryl/α,β-unsaturated/α-hetero) is 1. The zero-order valence-corrected chi connectivity index (χ0v) is 10.6. The van der Waals surface area contributed by atoms with E-state index in [9.17, 15) is 4.79 Å². The van der Waals surface area contributed by atoms with Gasteiger partial charge in [0.2, 0.25) is 0 Å². The fourth-order valence-corrected chi connectivity index (χ4v) is 3.64. The van der Waals surface area contributed by atoms with Crippen LogP contribution >= 0.6 is 0 Å². The van der Waals surface area contributed by atoms with Gasteiger partial charge in [0.05, 0.1) is 0 Å². The van der Waals surface area contributed by atoms with Crippen LogP contribution in [0.15, 0.2) is 11.6 Å². The molecule has 0 saturated heterocycles. The minimum Gasteiger partial charge on any atom is -0.299 e. The van der Waals surface area contributed by atoms with E-state index in [1.807, 2.05) is 0 Å². The van der Waals surface area contributed by atoms with Crippen LogP contribution in [0.1, 0.15) is 47.5 Å². The molecule has 0 bridgehead atoms. The van der Waals surface area contributed by atoms with Crippen molar-refractivity contribution < 1.29 is 4.79 Å². The zero-order chi connectivity index (χ0) is 11.4. The van der Waals surface area contributed by atoms with Crippen LogP contribution in [0.25, 0.3) is 0 Å². The van der Waals surface area contributed by atoms with Gasteiger partial charge in [-0.3, -0.25) is 4.79 Å². The minimum absolute atomic E-state index is 0.269. The molecule has 0 N–H and O–H groups in total. The highest BCUT2D eigenvalue weighted by molar-refractivity contribution is 5.82. The van der Waals surface area contributed by atoms with Crippen molar-refractivity contribution in [2.24, 2.45) is 22.7 Å².